The Bertz CT molecular complexity index is 1180. The third-order valence-corrected chi connectivity index (χ3v) is 5.88. The number of aromatic nitrogens is 2. The van der Waals surface area contributed by atoms with Crippen LogP contribution in [0.25, 0.3) is 11.0 Å². The molecule has 3 rings (SSSR count). The molecule has 0 aliphatic heterocycles. The minimum Gasteiger partial charge on any atom is -0.345 e. The van der Waals surface area contributed by atoms with Crippen LogP contribution < -0.4 is 10.0 Å². The van der Waals surface area contributed by atoms with Crippen molar-refractivity contribution in [3.05, 3.63) is 52.3 Å². The highest BCUT2D eigenvalue weighted by molar-refractivity contribution is 9.10. The SMILES string of the molecule is O=C(Nc1cnc2[nH]cc(Br)c2c1)c1c(F)ccc(NS(=O)(=O)CCCF)c1F. The molecule has 0 atom stereocenters. The number of carbonyl (C=O) groups excluding carboxylic acids is 1. The second-order valence-corrected chi connectivity index (χ2v) is 8.65. The molecule has 29 heavy (non-hydrogen) atoms. The molecule has 0 aliphatic carbocycles. The van der Waals surface area contributed by atoms with Crippen molar-refractivity contribution in [3.63, 3.8) is 0 Å². The summed E-state index contributed by atoms with van der Waals surface area (Å²) >= 11 is 3.30. The molecule has 0 unspecified atom stereocenters. The van der Waals surface area contributed by atoms with E-state index in [1.165, 1.54) is 6.20 Å². The third-order valence-electron chi connectivity index (χ3n) is 3.87. The highest BCUT2D eigenvalue weighted by Gasteiger charge is 2.23. The van der Waals surface area contributed by atoms with Crippen LogP contribution in [0.2, 0.25) is 0 Å². The summed E-state index contributed by atoms with van der Waals surface area (Å²) in [5, 5.41) is 2.97. The molecule has 3 N–H and O–H groups in total. The number of aromatic amines is 1. The first kappa shape index (κ1) is 21.1. The van der Waals surface area contributed by atoms with Gasteiger partial charge in [0.05, 0.1) is 30.0 Å². The fraction of sp³-hybridized carbons (Fsp3) is 0.176. The van der Waals surface area contributed by atoms with E-state index in [1.54, 1.807) is 12.3 Å². The van der Waals surface area contributed by atoms with Crippen molar-refractivity contribution in [1.29, 1.82) is 0 Å². The van der Waals surface area contributed by atoms with E-state index in [4.69, 9.17) is 0 Å². The summed E-state index contributed by atoms with van der Waals surface area (Å²) < 4.78 is 67.3. The van der Waals surface area contributed by atoms with Crippen LogP contribution in [-0.4, -0.2) is 36.7 Å². The Balaban J connectivity index is 1.88. The summed E-state index contributed by atoms with van der Waals surface area (Å²) in [5.41, 5.74) is -0.867. The number of pyridine rings is 1. The molecule has 0 radical (unpaired) electrons. The van der Waals surface area contributed by atoms with Crippen LogP contribution in [0.4, 0.5) is 24.5 Å². The lowest BCUT2D eigenvalue weighted by Crippen LogP contribution is -2.21. The summed E-state index contributed by atoms with van der Waals surface area (Å²) in [5.74, 6) is -4.27. The Hall–Kier alpha value is -2.60. The number of benzene rings is 1. The molecule has 0 spiro atoms. The van der Waals surface area contributed by atoms with Crippen LogP contribution in [0.3, 0.4) is 0 Å². The molecule has 2 heterocycles. The molecular formula is C17H14BrF3N4O3S. The van der Waals surface area contributed by atoms with Crippen LogP contribution >= 0.6 is 15.9 Å². The zero-order valence-electron chi connectivity index (χ0n) is 14.6. The molecule has 0 fully saturated rings. The van der Waals surface area contributed by atoms with Crippen molar-refractivity contribution in [1.82, 2.24) is 9.97 Å². The molecule has 1 amide bonds. The van der Waals surface area contributed by atoms with E-state index in [0.29, 0.717) is 15.5 Å². The molecule has 0 bridgehead atoms. The molecule has 154 valence electrons. The van der Waals surface area contributed by atoms with Crippen LogP contribution in [0.5, 0.6) is 0 Å². The minimum atomic E-state index is -4.06. The molecule has 3 aromatic rings. The second-order valence-electron chi connectivity index (χ2n) is 5.96. The maximum Gasteiger partial charge on any atom is 0.261 e. The van der Waals surface area contributed by atoms with Crippen molar-refractivity contribution in [3.8, 4) is 0 Å². The topological polar surface area (TPSA) is 104 Å². The van der Waals surface area contributed by atoms with Gasteiger partial charge in [0.25, 0.3) is 5.91 Å². The van der Waals surface area contributed by atoms with Gasteiger partial charge in [-0.3, -0.25) is 13.9 Å². The zero-order valence-corrected chi connectivity index (χ0v) is 17.0. The summed E-state index contributed by atoms with van der Waals surface area (Å²) in [4.78, 5) is 19.4. The van der Waals surface area contributed by atoms with Crippen LogP contribution in [0.15, 0.2) is 35.1 Å². The van der Waals surface area contributed by atoms with Crippen molar-refractivity contribution in [2.75, 3.05) is 22.5 Å². The van der Waals surface area contributed by atoms with Crippen molar-refractivity contribution in [2.45, 2.75) is 6.42 Å². The molecule has 0 saturated carbocycles. The van der Waals surface area contributed by atoms with E-state index in [0.717, 1.165) is 12.1 Å². The average Bonchev–Trinajstić information content (AvgIpc) is 3.03. The predicted octanol–water partition coefficient (Wildman–Crippen LogP) is 3.96. The van der Waals surface area contributed by atoms with Crippen molar-refractivity contribution >= 4 is 54.3 Å². The number of fused-ring (bicyclic) bond motifs is 1. The van der Waals surface area contributed by atoms with Gasteiger partial charge in [0, 0.05) is 16.1 Å². The number of nitrogens with one attached hydrogen (secondary N) is 3. The molecule has 0 saturated heterocycles. The highest BCUT2D eigenvalue weighted by atomic mass is 79.9. The quantitative estimate of drug-likeness (QED) is 0.466. The molecule has 0 aliphatic rings. The van der Waals surface area contributed by atoms with E-state index in [1.807, 2.05) is 4.72 Å². The van der Waals surface area contributed by atoms with Gasteiger partial charge in [0.15, 0.2) is 5.82 Å². The summed E-state index contributed by atoms with van der Waals surface area (Å²) in [6.07, 6.45) is 2.65. The summed E-state index contributed by atoms with van der Waals surface area (Å²) in [6, 6.07) is 3.15. The number of H-pyrrole nitrogens is 1. The minimum absolute atomic E-state index is 0.176. The number of rotatable bonds is 7. The third kappa shape index (κ3) is 4.70. The van der Waals surface area contributed by atoms with E-state index in [-0.39, 0.29) is 12.1 Å². The maximum absolute atomic E-state index is 14.7. The number of carbonyl (C=O) groups is 1. The molecule has 12 heteroatoms. The second kappa shape index (κ2) is 8.41. The van der Waals surface area contributed by atoms with Gasteiger partial charge < -0.3 is 10.3 Å². The molecule has 7 nitrogen and oxygen atoms in total. The fourth-order valence-electron chi connectivity index (χ4n) is 2.54. The molecule has 1 aromatic carbocycles. The van der Waals surface area contributed by atoms with Crippen molar-refractivity contribution in [2.24, 2.45) is 0 Å². The number of amides is 1. The van der Waals surface area contributed by atoms with Gasteiger partial charge in [-0.2, -0.15) is 0 Å². The van der Waals surface area contributed by atoms with E-state index in [2.05, 4.69) is 31.2 Å². The number of alkyl halides is 1. The monoisotopic (exact) mass is 490 g/mol. The number of hydrogen-bond acceptors (Lipinski definition) is 4. The molecular weight excluding hydrogens is 477 g/mol. The largest absolute Gasteiger partial charge is 0.345 e. The number of halogens is 4. The van der Waals surface area contributed by atoms with E-state index in [9.17, 15) is 26.4 Å². The highest BCUT2D eigenvalue weighted by Crippen LogP contribution is 2.26. The normalized spacial score (nSPS) is 11.6. The Labute approximate surface area is 171 Å². The van der Waals surface area contributed by atoms with Gasteiger partial charge in [-0.1, -0.05) is 0 Å². The van der Waals surface area contributed by atoms with E-state index < -0.39 is 51.2 Å². The number of sulfonamides is 1. The lowest BCUT2D eigenvalue weighted by Gasteiger charge is -2.12. The standard InChI is InChI=1S/C17H14BrF3N4O3S/c18-11-8-23-16-10(11)6-9(7-22-16)24-17(26)14-12(20)2-3-13(15(14)21)25-29(27,28)5-1-4-19/h2-3,6-8,25H,1,4-5H2,(H,22,23)(H,24,26). The van der Waals surface area contributed by atoms with Gasteiger partial charge in [-0.15, -0.1) is 0 Å². The Morgan fingerprint density at radius 2 is 2.03 bits per heavy atom. The Kier molecular flexibility index (Phi) is 6.13. The average molecular weight is 491 g/mol. The van der Waals surface area contributed by atoms with Gasteiger partial charge >= 0.3 is 0 Å². The Morgan fingerprint density at radius 3 is 2.76 bits per heavy atom. The van der Waals surface area contributed by atoms with Gasteiger partial charge in [-0.25, -0.2) is 22.2 Å². The zero-order chi connectivity index (χ0) is 21.2. The first-order valence-corrected chi connectivity index (χ1v) is 10.6. The number of hydrogen-bond donors (Lipinski definition) is 3. The van der Waals surface area contributed by atoms with E-state index >= 15 is 0 Å². The molecule has 2 aromatic heterocycles. The number of anilines is 2. The first-order chi connectivity index (χ1) is 13.7. The smallest absolute Gasteiger partial charge is 0.261 e. The van der Waals surface area contributed by atoms with Crippen LogP contribution in [0, 0.1) is 11.6 Å². The Morgan fingerprint density at radius 1 is 1.28 bits per heavy atom. The fourth-order valence-corrected chi connectivity index (χ4v) is 4.04. The summed E-state index contributed by atoms with van der Waals surface area (Å²) in [6.45, 7) is -0.865. The van der Waals surface area contributed by atoms with Crippen LogP contribution in [-0.2, 0) is 10.0 Å². The maximum atomic E-state index is 14.7. The summed E-state index contributed by atoms with van der Waals surface area (Å²) in [7, 11) is -4.06. The first-order valence-electron chi connectivity index (χ1n) is 8.20. The lowest BCUT2D eigenvalue weighted by atomic mass is 10.1. The number of nitrogens with zero attached hydrogens (tertiary/aromatic N) is 1. The van der Waals surface area contributed by atoms with Crippen molar-refractivity contribution < 1.29 is 26.4 Å². The van der Waals surface area contributed by atoms with Gasteiger partial charge in [0.1, 0.15) is 17.0 Å². The van der Waals surface area contributed by atoms with Gasteiger partial charge in [0.2, 0.25) is 10.0 Å². The van der Waals surface area contributed by atoms with Gasteiger partial charge in [-0.05, 0) is 40.5 Å². The lowest BCUT2D eigenvalue weighted by molar-refractivity contribution is 0.101. The van der Waals surface area contributed by atoms with Crippen LogP contribution in [0.1, 0.15) is 16.8 Å². The predicted molar refractivity (Wildman–Crippen MR) is 106 cm³/mol.